The summed E-state index contributed by atoms with van der Waals surface area (Å²) in [4.78, 5) is 12.8. The first kappa shape index (κ1) is 16.8. The summed E-state index contributed by atoms with van der Waals surface area (Å²) in [5, 5.41) is 3.97. The molecule has 0 atom stereocenters. The Kier molecular flexibility index (Phi) is 5.17. The predicted molar refractivity (Wildman–Crippen MR) is 71.1 cm³/mol. The quantitative estimate of drug-likeness (QED) is 0.842. The lowest BCUT2D eigenvalue weighted by molar-refractivity contribution is -0.0963. The maximum atomic E-state index is 12.9. The van der Waals surface area contributed by atoms with Crippen molar-refractivity contribution in [1.82, 2.24) is 10.2 Å². The number of nitrogens with one attached hydrogen (secondary N) is 2. The highest BCUT2D eigenvalue weighted by Gasteiger charge is 2.35. The molecule has 0 spiro atoms. The maximum absolute atomic E-state index is 12.9. The fraction of sp³-hybridized carbons (Fsp3) is 0.308. The van der Waals surface area contributed by atoms with Crippen LogP contribution >= 0.6 is 0 Å². The van der Waals surface area contributed by atoms with Crippen molar-refractivity contribution in [2.24, 2.45) is 0 Å². The lowest BCUT2D eigenvalue weighted by Crippen LogP contribution is -2.35. The molecule has 0 saturated carbocycles. The number of hydrogen-bond acceptors (Lipinski definition) is 2. The number of aryl methyl sites for hydroxylation is 1. The zero-order chi connectivity index (χ0) is 16.2. The first-order valence-corrected chi connectivity index (χ1v) is 5.89. The first-order valence-electron chi connectivity index (χ1n) is 5.89. The molecule has 116 valence electrons. The van der Waals surface area contributed by atoms with Gasteiger partial charge in [-0.1, -0.05) is 0 Å². The molecule has 1 rings (SSSR count). The number of rotatable bonds is 3. The molecular weight excluding hydrogens is 290 g/mol. The largest absolute Gasteiger partial charge is 0.432 e. The van der Waals surface area contributed by atoms with E-state index < -0.39 is 23.7 Å². The SMILES string of the molecule is Cc1cc(F)ccc1NC(=O)NC(=CN(C)C)C(F)(F)F. The molecule has 0 aliphatic rings. The molecule has 0 fully saturated rings. The van der Waals surface area contributed by atoms with Crippen LogP contribution in [0, 0.1) is 12.7 Å². The van der Waals surface area contributed by atoms with E-state index in [2.05, 4.69) is 5.32 Å². The van der Waals surface area contributed by atoms with E-state index in [1.165, 1.54) is 27.1 Å². The van der Waals surface area contributed by atoms with Crippen molar-refractivity contribution in [2.75, 3.05) is 19.4 Å². The Morgan fingerprint density at radius 2 is 1.90 bits per heavy atom. The molecule has 0 heterocycles. The number of carbonyl (C=O) groups is 1. The summed E-state index contributed by atoms with van der Waals surface area (Å²) in [6, 6.07) is 2.47. The number of alkyl halides is 3. The van der Waals surface area contributed by atoms with Gasteiger partial charge in [-0.15, -0.1) is 0 Å². The maximum Gasteiger partial charge on any atom is 0.432 e. The second-order valence-corrected chi connectivity index (χ2v) is 4.54. The monoisotopic (exact) mass is 305 g/mol. The van der Waals surface area contributed by atoms with E-state index in [4.69, 9.17) is 0 Å². The predicted octanol–water partition coefficient (Wildman–Crippen LogP) is 3.22. The van der Waals surface area contributed by atoms with Crippen molar-refractivity contribution in [3.63, 3.8) is 0 Å². The smallest absolute Gasteiger partial charge is 0.382 e. The Hall–Kier alpha value is -2.25. The number of nitrogens with zero attached hydrogens (tertiary/aromatic N) is 1. The van der Waals surface area contributed by atoms with Crippen molar-refractivity contribution in [2.45, 2.75) is 13.1 Å². The normalized spacial score (nSPS) is 12.0. The van der Waals surface area contributed by atoms with Crippen LogP contribution in [0.25, 0.3) is 0 Å². The molecule has 0 saturated heterocycles. The molecule has 0 unspecified atom stereocenters. The fourth-order valence-corrected chi connectivity index (χ4v) is 1.48. The van der Waals surface area contributed by atoms with Crippen molar-refractivity contribution >= 4 is 11.7 Å². The van der Waals surface area contributed by atoms with E-state index in [9.17, 15) is 22.4 Å². The van der Waals surface area contributed by atoms with Crippen LogP contribution in [0.1, 0.15) is 5.56 Å². The van der Waals surface area contributed by atoms with E-state index in [0.717, 1.165) is 23.2 Å². The van der Waals surface area contributed by atoms with Crippen LogP contribution in [0.4, 0.5) is 28.0 Å². The van der Waals surface area contributed by atoms with Crippen LogP contribution in [0.3, 0.4) is 0 Å². The Bertz CT molecular complexity index is 553. The molecule has 0 radical (unpaired) electrons. The van der Waals surface area contributed by atoms with Gasteiger partial charge in [-0.3, -0.25) is 0 Å². The third-order valence-corrected chi connectivity index (χ3v) is 2.38. The van der Waals surface area contributed by atoms with Crippen molar-refractivity contribution in [3.05, 3.63) is 41.5 Å². The number of benzene rings is 1. The summed E-state index contributed by atoms with van der Waals surface area (Å²) in [6.45, 7) is 1.53. The molecule has 2 N–H and O–H groups in total. The molecule has 1 aromatic carbocycles. The molecule has 8 heteroatoms. The Morgan fingerprint density at radius 1 is 1.29 bits per heavy atom. The third-order valence-electron chi connectivity index (χ3n) is 2.38. The minimum atomic E-state index is -4.69. The zero-order valence-electron chi connectivity index (χ0n) is 11.7. The molecule has 0 bridgehead atoms. The molecule has 1 aromatic rings. The van der Waals surface area contributed by atoms with E-state index in [-0.39, 0.29) is 5.69 Å². The van der Waals surface area contributed by atoms with Gasteiger partial charge in [-0.05, 0) is 30.7 Å². The van der Waals surface area contributed by atoms with Crippen LogP contribution < -0.4 is 10.6 Å². The van der Waals surface area contributed by atoms with Gasteiger partial charge in [0.2, 0.25) is 0 Å². The Balaban J connectivity index is 2.84. The summed E-state index contributed by atoms with van der Waals surface area (Å²) >= 11 is 0. The second kappa shape index (κ2) is 6.47. The molecule has 0 aliphatic carbocycles. The number of halogens is 4. The second-order valence-electron chi connectivity index (χ2n) is 4.54. The number of anilines is 1. The van der Waals surface area contributed by atoms with Crippen LogP contribution in [0.5, 0.6) is 0 Å². The van der Waals surface area contributed by atoms with E-state index in [1.54, 1.807) is 5.32 Å². The standard InChI is InChI=1S/C13H15F4N3O/c1-8-6-9(14)4-5-10(8)18-12(21)19-11(7-20(2)3)13(15,16)17/h4-7H,1-3H3,(H2,18,19,21). The highest BCUT2D eigenvalue weighted by molar-refractivity contribution is 5.91. The van der Waals surface area contributed by atoms with Crippen molar-refractivity contribution in [1.29, 1.82) is 0 Å². The van der Waals surface area contributed by atoms with Gasteiger partial charge >= 0.3 is 12.2 Å². The van der Waals surface area contributed by atoms with Gasteiger partial charge in [-0.25, -0.2) is 9.18 Å². The number of amides is 2. The number of carbonyl (C=O) groups excluding carboxylic acids is 1. The van der Waals surface area contributed by atoms with E-state index in [1.807, 2.05) is 0 Å². The summed E-state index contributed by atoms with van der Waals surface area (Å²) in [5.41, 5.74) is -0.583. The average Bonchev–Trinajstić information content (AvgIpc) is 2.30. The van der Waals surface area contributed by atoms with Gasteiger partial charge in [0.15, 0.2) is 0 Å². The zero-order valence-corrected chi connectivity index (χ0v) is 11.7. The van der Waals surface area contributed by atoms with E-state index in [0.29, 0.717) is 5.56 Å². The summed E-state index contributed by atoms with van der Waals surface area (Å²) in [5.74, 6) is -0.498. The molecule has 0 aromatic heterocycles. The Labute approximate surface area is 119 Å². The van der Waals surface area contributed by atoms with Crippen LogP contribution in [-0.2, 0) is 0 Å². The van der Waals surface area contributed by atoms with E-state index >= 15 is 0 Å². The number of hydrogen-bond donors (Lipinski definition) is 2. The van der Waals surface area contributed by atoms with Crippen LogP contribution in [-0.4, -0.2) is 31.2 Å². The first-order chi connectivity index (χ1) is 9.59. The van der Waals surface area contributed by atoms with Gasteiger partial charge < -0.3 is 15.5 Å². The lowest BCUT2D eigenvalue weighted by Gasteiger charge is -2.17. The summed E-state index contributed by atoms with van der Waals surface area (Å²) in [7, 11) is 2.80. The molecule has 2 amide bonds. The third kappa shape index (κ3) is 5.33. The lowest BCUT2D eigenvalue weighted by atomic mass is 10.2. The number of urea groups is 1. The molecule has 0 aliphatic heterocycles. The number of allylic oxidation sites excluding steroid dienone is 1. The summed E-state index contributed by atoms with van der Waals surface area (Å²) < 4.78 is 51.1. The van der Waals surface area contributed by atoms with Crippen molar-refractivity contribution in [3.8, 4) is 0 Å². The minimum Gasteiger partial charge on any atom is -0.382 e. The van der Waals surface area contributed by atoms with Crippen molar-refractivity contribution < 1.29 is 22.4 Å². The van der Waals surface area contributed by atoms with Crippen LogP contribution in [0.15, 0.2) is 30.1 Å². The molecule has 4 nitrogen and oxygen atoms in total. The molecular formula is C13H15F4N3O. The van der Waals surface area contributed by atoms with Gasteiger partial charge in [0.1, 0.15) is 11.5 Å². The highest BCUT2D eigenvalue weighted by atomic mass is 19.4. The van der Waals surface area contributed by atoms with Crippen LogP contribution in [0.2, 0.25) is 0 Å². The topological polar surface area (TPSA) is 44.4 Å². The van der Waals surface area contributed by atoms with Gasteiger partial charge in [0, 0.05) is 26.0 Å². The molecule has 21 heavy (non-hydrogen) atoms. The fourth-order valence-electron chi connectivity index (χ4n) is 1.48. The Morgan fingerprint density at radius 3 is 2.38 bits per heavy atom. The minimum absolute atomic E-state index is 0.222. The highest BCUT2D eigenvalue weighted by Crippen LogP contribution is 2.24. The van der Waals surface area contributed by atoms with Gasteiger partial charge in [0.25, 0.3) is 0 Å². The summed E-state index contributed by atoms with van der Waals surface area (Å²) in [6.07, 6.45) is -3.95. The van der Waals surface area contributed by atoms with Gasteiger partial charge in [0.05, 0.1) is 0 Å². The van der Waals surface area contributed by atoms with Gasteiger partial charge in [-0.2, -0.15) is 13.2 Å². The average molecular weight is 305 g/mol.